The van der Waals surface area contributed by atoms with Crippen molar-refractivity contribution in [2.75, 3.05) is 6.61 Å². The molecule has 0 aromatic heterocycles. The first-order valence-electron chi connectivity index (χ1n) is 4.18. The molecule has 0 bridgehead atoms. The zero-order chi connectivity index (χ0) is 10.3. The summed E-state index contributed by atoms with van der Waals surface area (Å²) in [6.07, 6.45) is 2.47. The van der Waals surface area contributed by atoms with Gasteiger partial charge in [-0.3, -0.25) is 4.79 Å². The molecule has 0 N–H and O–H groups in total. The van der Waals surface area contributed by atoms with Gasteiger partial charge in [-0.25, -0.2) is 0 Å². The number of halogens is 3. The third kappa shape index (κ3) is 11.1. The van der Waals surface area contributed by atoms with Crippen molar-refractivity contribution in [2.24, 2.45) is 0 Å². The molecule has 0 saturated heterocycles. The summed E-state index contributed by atoms with van der Waals surface area (Å²) in [7, 11) is 0. The van der Waals surface area contributed by atoms with Crippen molar-refractivity contribution in [3.8, 4) is 0 Å². The van der Waals surface area contributed by atoms with Crippen LogP contribution in [0, 0.1) is 0 Å². The lowest BCUT2D eigenvalue weighted by Gasteiger charge is -2.07. The monoisotopic (exact) mass is 394 g/mol. The number of hydrogen-bond acceptors (Lipinski definition) is 2. The Balaban J connectivity index is 3.31. The molecular weight excluding hydrogens is 384 g/mol. The van der Waals surface area contributed by atoms with Gasteiger partial charge in [0, 0.05) is 6.42 Å². The highest BCUT2D eigenvalue weighted by atomic mass is 80.0. The van der Waals surface area contributed by atoms with E-state index in [0.29, 0.717) is 13.0 Å². The predicted octanol–water partition coefficient (Wildman–Crippen LogP) is 3.84. The highest BCUT2D eigenvalue weighted by molar-refractivity contribution is 9.72. The smallest absolute Gasteiger partial charge is 0.305 e. The summed E-state index contributed by atoms with van der Waals surface area (Å²) in [5, 5.41) is 0. The van der Waals surface area contributed by atoms with Crippen LogP contribution in [0.1, 0.15) is 26.2 Å². The van der Waals surface area contributed by atoms with E-state index in [9.17, 15) is 4.79 Å². The minimum Gasteiger partial charge on any atom is -0.466 e. The molecule has 0 aliphatic rings. The number of carbonyl (C=O) groups is 1. The van der Waals surface area contributed by atoms with Crippen LogP contribution < -0.4 is 0 Å². The van der Waals surface area contributed by atoms with E-state index in [2.05, 4.69) is 45.9 Å². The second-order valence-corrected chi connectivity index (χ2v) is 26.1. The number of rotatable bonds is 6. The number of unbranched alkanes of at least 4 members (excludes halogenated alkanes) is 1. The minimum absolute atomic E-state index is 0.0894. The molecule has 2 nitrogen and oxygen atoms in total. The Kier molecular flexibility index (Phi) is 8.07. The lowest BCUT2D eigenvalue weighted by Crippen LogP contribution is -2.07. The fourth-order valence-corrected chi connectivity index (χ4v) is 4.00. The van der Waals surface area contributed by atoms with Gasteiger partial charge in [0.2, 0.25) is 0 Å². The lowest BCUT2D eigenvalue weighted by atomic mass is 10.2. The largest absolute Gasteiger partial charge is 0.466 e. The summed E-state index contributed by atoms with van der Waals surface area (Å²) in [4.78, 5) is 10.9. The van der Waals surface area contributed by atoms with Crippen LogP contribution in [-0.4, -0.2) is 16.5 Å². The van der Waals surface area contributed by atoms with Crippen LogP contribution in [-0.2, 0) is 9.53 Å². The summed E-state index contributed by atoms with van der Waals surface area (Å²) in [5.41, 5.74) is 0. The van der Waals surface area contributed by atoms with Gasteiger partial charge >= 0.3 is 5.97 Å². The molecular formula is C7H13Br3O2Si. The minimum atomic E-state index is -1.46. The van der Waals surface area contributed by atoms with Crippen molar-refractivity contribution in [2.45, 2.75) is 32.2 Å². The highest BCUT2D eigenvalue weighted by Gasteiger charge is 2.20. The van der Waals surface area contributed by atoms with Gasteiger partial charge in [0.05, 0.1) is 6.61 Å². The van der Waals surface area contributed by atoms with Gasteiger partial charge in [-0.15, -0.1) is 0 Å². The molecule has 78 valence electrons. The third-order valence-corrected chi connectivity index (χ3v) is 5.89. The van der Waals surface area contributed by atoms with Gasteiger partial charge in [0.15, 0.2) is 0 Å². The summed E-state index contributed by atoms with van der Waals surface area (Å²) < 4.78 is 3.35. The van der Waals surface area contributed by atoms with Gasteiger partial charge in [0.1, 0.15) is 0 Å². The fraction of sp³-hybridized carbons (Fsp3) is 0.857. The van der Waals surface area contributed by atoms with Gasteiger partial charge in [-0.2, -0.15) is 0 Å². The van der Waals surface area contributed by atoms with E-state index in [0.717, 1.165) is 18.9 Å². The van der Waals surface area contributed by atoms with E-state index in [1.165, 1.54) is 0 Å². The second-order valence-electron chi connectivity index (χ2n) is 2.63. The molecule has 0 radical (unpaired) electrons. The highest BCUT2D eigenvalue weighted by Crippen LogP contribution is 2.33. The molecule has 0 spiro atoms. The van der Waals surface area contributed by atoms with Crippen LogP contribution in [0.15, 0.2) is 0 Å². The summed E-state index contributed by atoms with van der Waals surface area (Å²) in [6, 6.07) is 1.06. The first-order chi connectivity index (χ1) is 5.95. The topological polar surface area (TPSA) is 26.3 Å². The van der Waals surface area contributed by atoms with E-state index >= 15 is 0 Å². The maximum atomic E-state index is 10.9. The quantitative estimate of drug-likeness (QED) is 0.295. The second kappa shape index (κ2) is 7.42. The van der Waals surface area contributed by atoms with Gasteiger partial charge in [-0.05, 0) is 19.4 Å². The predicted molar refractivity (Wildman–Crippen MR) is 67.8 cm³/mol. The zero-order valence-corrected chi connectivity index (χ0v) is 13.2. The zero-order valence-electron chi connectivity index (χ0n) is 7.49. The Bertz CT molecular complexity index is 158. The van der Waals surface area contributed by atoms with Crippen molar-refractivity contribution in [3.05, 3.63) is 0 Å². The molecule has 0 rings (SSSR count). The number of hydrogen-bond donors (Lipinski definition) is 0. The third-order valence-electron chi connectivity index (χ3n) is 1.40. The fourth-order valence-electron chi connectivity index (χ4n) is 0.828. The number of ether oxygens (including phenoxy) is 1. The van der Waals surface area contributed by atoms with Gasteiger partial charge in [0.25, 0.3) is 3.93 Å². The standard InChI is InChI=1S/C7H13Br3O2Si/c1-2-12-7(11)5-3-4-6-13(8,9)10/h2-6H2,1H3. The molecule has 13 heavy (non-hydrogen) atoms. The van der Waals surface area contributed by atoms with Crippen molar-refractivity contribution < 1.29 is 9.53 Å². The Morgan fingerprint density at radius 3 is 2.38 bits per heavy atom. The molecule has 0 unspecified atom stereocenters. The van der Waals surface area contributed by atoms with E-state index < -0.39 is 3.93 Å². The summed E-state index contributed by atoms with van der Waals surface area (Å²) in [5.74, 6) is -0.0894. The van der Waals surface area contributed by atoms with E-state index in [4.69, 9.17) is 4.74 Å². The van der Waals surface area contributed by atoms with Crippen LogP contribution in [0.3, 0.4) is 0 Å². The van der Waals surface area contributed by atoms with E-state index in [-0.39, 0.29) is 5.97 Å². The maximum Gasteiger partial charge on any atom is 0.305 e. The van der Waals surface area contributed by atoms with Crippen LogP contribution in [0.25, 0.3) is 0 Å². The first-order valence-corrected chi connectivity index (χ1v) is 13.2. The molecule has 0 aromatic carbocycles. The van der Waals surface area contributed by atoms with Crippen LogP contribution in [0.4, 0.5) is 0 Å². The van der Waals surface area contributed by atoms with Crippen molar-refractivity contribution in [3.63, 3.8) is 0 Å². The van der Waals surface area contributed by atoms with E-state index in [1.807, 2.05) is 6.92 Å². The SMILES string of the molecule is CCOC(=O)CCCC[Si](Br)(Br)Br. The first kappa shape index (κ1) is 14.1. The Labute approximate surface area is 104 Å². The van der Waals surface area contributed by atoms with Crippen molar-refractivity contribution >= 4 is 55.8 Å². The van der Waals surface area contributed by atoms with Crippen LogP contribution >= 0.6 is 45.9 Å². The Morgan fingerprint density at radius 2 is 1.92 bits per heavy atom. The molecule has 0 amide bonds. The van der Waals surface area contributed by atoms with Gasteiger partial charge < -0.3 is 4.74 Å². The summed E-state index contributed by atoms with van der Waals surface area (Å²) in [6.45, 7) is 2.30. The molecule has 0 atom stereocenters. The maximum absolute atomic E-state index is 10.9. The average molecular weight is 397 g/mol. The van der Waals surface area contributed by atoms with Crippen LogP contribution in [0.5, 0.6) is 0 Å². The Hall–Kier alpha value is 1.13. The number of carbonyl (C=O) groups excluding carboxylic acids is 1. The van der Waals surface area contributed by atoms with Crippen LogP contribution in [0.2, 0.25) is 6.04 Å². The molecule has 0 aliphatic carbocycles. The summed E-state index contributed by atoms with van der Waals surface area (Å²) >= 11 is 10.6. The van der Waals surface area contributed by atoms with E-state index in [1.54, 1.807) is 0 Å². The Morgan fingerprint density at radius 1 is 1.31 bits per heavy atom. The van der Waals surface area contributed by atoms with Crippen molar-refractivity contribution in [1.82, 2.24) is 0 Å². The molecule has 0 heterocycles. The van der Waals surface area contributed by atoms with Gasteiger partial charge in [-0.1, -0.05) is 52.3 Å². The molecule has 0 saturated carbocycles. The average Bonchev–Trinajstić information content (AvgIpc) is 1.97. The lowest BCUT2D eigenvalue weighted by molar-refractivity contribution is -0.143. The van der Waals surface area contributed by atoms with Crippen molar-refractivity contribution in [1.29, 1.82) is 0 Å². The molecule has 0 aliphatic heterocycles. The molecule has 6 heteroatoms. The number of esters is 1. The molecule has 0 fully saturated rings. The molecule has 0 aromatic rings. The normalized spacial score (nSPS) is 11.4.